The summed E-state index contributed by atoms with van der Waals surface area (Å²) in [6, 6.07) is 3.92. The van der Waals surface area contributed by atoms with E-state index in [1.54, 1.807) is 0 Å². The van der Waals surface area contributed by atoms with E-state index in [0.717, 1.165) is 0 Å². The number of amides is 1. The number of aliphatic carboxylic acids is 1. The van der Waals surface area contributed by atoms with Crippen LogP contribution in [0.3, 0.4) is 0 Å². The van der Waals surface area contributed by atoms with Gasteiger partial charge in [-0.25, -0.2) is 4.79 Å². The van der Waals surface area contributed by atoms with Crippen molar-refractivity contribution in [1.29, 1.82) is 0 Å². The first-order valence-corrected chi connectivity index (χ1v) is 6.81. The minimum absolute atomic E-state index is 0.108. The molecule has 2 rings (SSSR count). The highest BCUT2D eigenvalue weighted by Gasteiger charge is 2.34. The Kier molecular flexibility index (Phi) is 4.53. The quantitative estimate of drug-likeness (QED) is 0.626. The van der Waals surface area contributed by atoms with Crippen molar-refractivity contribution in [3.05, 3.63) is 32.8 Å². The van der Waals surface area contributed by atoms with E-state index in [4.69, 9.17) is 9.84 Å². The van der Waals surface area contributed by atoms with E-state index in [0.29, 0.717) is 16.6 Å². The molecule has 1 aromatic carbocycles. The number of nitro groups is 1. The highest BCUT2D eigenvalue weighted by Crippen LogP contribution is 2.28. The standard InChI is InChI=1S/C12H11BrN2O6/c13-7-5-6(15(19)20)1-2-8(7)14-11(16)9-3-4-10(21-9)12(17)18/h1-2,5,9-10H,3-4H2,(H,14,16)(H,17,18). The van der Waals surface area contributed by atoms with Crippen molar-refractivity contribution in [1.82, 2.24) is 0 Å². The van der Waals surface area contributed by atoms with Gasteiger partial charge in [0.05, 0.1) is 10.6 Å². The number of ether oxygens (including phenoxy) is 1. The van der Waals surface area contributed by atoms with Gasteiger partial charge in [-0.05, 0) is 34.8 Å². The molecule has 1 aromatic rings. The lowest BCUT2D eigenvalue weighted by Crippen LogP contribution is -2.30. The van der Waals surface area contributed by atoms with Gasteiger partial charge in [0.2, 0.25) is 0 Å². The fourth-order valence-corrected chi connectivity index (χ4v) is 2.41. The molecule has 0 aliphatic carbocycles. The molecule has 2 N–H and O–H groups in total. The van der Waals surface area contributed by atoms with Crippen LogP contribution in [0.2, 0.25) is 0 Å². The smallest absolute Gasteiger partial charge is 0.332 e. The highest BCUT2D eigenvalue weighted by atomic mass is 79.9. The number of hydrogen-bond donors (Lipinski definition) is 2. The second-order valence-corrected chi connectivity index (χ2v) is 5.29. The lowest BCUT2D eigenvalue weighted by molar-refractivity contribution is -0.384. The van der Waals surface area contributed by atoms with Gasteiger partial charge in [0, 0.05) is 16.6 Å². The second kappa shape index (κ2) is 6.19. The lowest BCUT2D eigenvalue weighted by Gasteiger charge is -2.12. The van der Waals surface area contributed by atoms with Crippen LogP contribution in [0.1, 0.15) is 12.8 Å². The van der Waals surface area contributed by atoms with Crippen molar-refractivity contribution in [2.24, 2.45) is 0 Å². The number of carbonyl (C=O) groups excluding carboxylic acids is 1. The molecule has 8 nitrogen and oxygen atoms in total. The molecule has 1 heterocycles. The van der Waals surface area contributed by atoms with Crippen molar-refractivity contribution in [2.75, 3.05) is 5.32 Å². The number of nitrogens with one attached hydrogen (secondary N) is 1. The molecule has 9 heteroatoms. The molecule has 2 atom stereocenters. The maximum Gasteiger partial charge on any atom is 0.332 e. The first kappa shape index (κ1) is 15.4. The third-order valence-corrected chi connectivity index (χ3v) is 3.66. The van der Waals surface area contributed by atoms with E-state index in [1.165, 1.54) is 18.2 Å². The van der Waals surface area contributed by atoms with E-state index < -0.39 is 29.0 Å². The second-order valence-electron chi connectivity index (χ2n) is 4.44. The predicted octanol–water partition coefficient (Wildman–Crippen LogP) is 1.93. The number of carboxylic acids is 1. The van der Waals surface area contributed by atoms with Crippen molar-refractivity contribution in [3.63, 3.8) is 0 Å². The van der Waals surface area contributed by atoms with Crippen LogP contribution < -0.4 is 5.32 Å². The van der Waals surface area contributed by atoms with Crippen molar-refractivity contribution < 1.29 is 24.4 Å². The third-order valence-electron chi connectivity index (χ3n) is 3.01. The van der Waals surface area contributed by atoms with Gasteiger partial charge in [-0.15, -0.1) is 0 Å². The minimum Gasteiger partial charge on any atom is -0.479 e. The maximum absolute atomic E-state index is 12.0. The van der Waals surface area contributed by atoms with E-state index >= 15 is 0 Å². The Morgan fingerprint density at radius 3 is 2.57 bits per heavy atom. The molecule has 0 aromatic heterocycles. The summed E-state index contributed by atoms with van der Waals surface area (Å²) in [5.41, 5.74) is 0.246. The first-order chi connectivity index (χ1) is 9.88. The van der Waals surface area contributed by atoms with Gasteiger partial charge in [-0.1, -0.05) is 0 Å². The average Bonchev–Trinajstić information content (AvgIpc) is 2.90. The molecule has 1 saturated heterocycles. The molecule has 0 bridgehead atoms. The zero-order chi connectivity index (χ0) is 15.6. The molecule has 21 heavy (non-hydrogen) atoms. The molecular weight excluding hydrogens is 348 g/mol. The molecule has 112 valence electrons. The topological polar surface area (TPSA) is 119 Å². The average molecular weight is 359 g/mol. The van der Waals surface area contributed by atoms with Crippen LogP contribution in [0.25, 0.3) is 0 Å². The Morgan fingerprint density at radius 2 is 2.05 bits per heavy atom. The molecular formula is C12H11BrN2O6. The van der Waals surface area contributed by atoms with Gasteiger partial charge >= 0.3 is 5.97 Å². The number of carboxylic acid groups (broad SMARTS) is 1. The van der Waals surface area contributed by atoms with Crippen LogP contribution >= 0.6 is 15.9 Å². The molecule has 0 spiro atoms. The molecule has 1 aliphatic heterocycles. The number of halogens is 1. The number of rotatable bonds is 4. The number of benzene rings is 1. The fourth-order valence-electron chi connectivity index (χ4n) is 1.94. The van der Waals surface area contributed by atoms with E-state index in [1.807, 2.05) is 0 Å². The molecule has 0 radical (unpaired) electrons. The Labute approximate surface area is 127 Å². The number of non-ortho nitro benzene ring substituents is 1. The highest BCUT2D eigenvalue weighted by molar-refractivity contribution is 9.10. The minimum atomic E-state index is -1.10. The third kappa shape index (κ3) is 3.56. The monoisotopic (exact) mass is 358 g/mol. The number of nitro benzene ring substituents is 1. The summed E-state index contributed by atoms with van der Waals surface area (Å²) >= 11 is 3.13. The van der Waals surface area contributed by atoms with E-state index in [9.17, 15) is 19.7 Å². The molecule has 1 aliphatic rings. The van der Waals surface area contributed by atoms with Gasteiger partial charge in [0.1, 0.15) is 6.10 Å². The summed E-state index contributed by atoms with van der Waals surface area (Å²) in [5, 5.41) is 22.0. The summed E-state index contributed by atoms with van der Waals surface area (Å²) in [6.45, 7) is 0. The van der Waals surface area contributed by atoms with Gasteiger partial charge < -0.3 is 15.2 Å². The molecule has 1 fully saturated rings. The summed E-state index contributed by atoms with van der Waals surface area (Å²) in [7, 11) is 0. The maximum atomic E-state index is 12.0. The molecule has 0 saturated carbocycles. The van der Waals surface area contributed by atoms with Crippen molar-refractivity contribution in [3.8, 4) is 0 Å². The number of nitrogens with zero attached hydrogens (tertiary/aromatic N) is 1. The van der Waals surface area contributed by atoms with E-state index in [2.05, 4.69) is 21.2 Å². The summed E-state index contributed by atoms with van der Waals surface area (Å²) in [4.78, 5) is 32.8. The Hall–Kier alpha value is -2.00. The van der Waals surface area contributed by atoms with Gasteiger partial charge in [-0.2, -0.15) is 0 Å². The summed E-state index contributed by atoms with van der Waals surface area (Å²) < 4.78 is 5.48. The van der Waals surface area contributed by atoms with Crippen molar-refractivity contribution >= 4 is 39.2 Å². The van der Waals surface area contributed by atoms with Crippen LogP contribution in [0, 0.1) is 10.1 Å². The molecule has 2 unspecified atom stereocenters. The zero-order valence-electron chi connectivity index (χ0n) is 10.6. The van der Waals surface area contributed by atoms with Crippen molar-refractivity contribution in [2.45, 2.75) is 25.0 Å². The normalized spacial score (nSPS) is 21.0. The predicted molar refractivity (Wildman–Crippen MR) is 75.0 cm³/mol. The van der Waals surface area contributed by atoms with E-state index in [-0.39, 0.29) is 12.1 Å². The van der Waals surface area contributed by atoms with Crippen LogP contribution in [-0.2, 0) is 14.3 Å². The summed E-state index contributed by atoms with van der Waals surface area (Å²) in [5.74, 6) is -1.57. The largest absolute Gasteiger partial charge is 0.479 e. The zero-order valence-corrected chi connectivity index (χ0v) is 12.2. The molecule has 1 amide bonds. The number of carbonyl (C=O) groups is 2. The van der Waals surface area contributed by atoms with Gasteiger partial charge in [0.15, 0.2) is 6.10 Å². The lowest BCUT2D eigenvalue weighted by atomic mass is 10.2. The van der Waals surface area contributed by atoms with Gasteiger partial charge in [0.25, 0.3) is 11.6 Å². The Bertz CT molecular complexity index is 605. The number of hydrogen-bond acceptors (Lipinski definition) is 5. The van der Waals surface area contributed by atoms with Gasteiger partial charge in [-0.3, -0.25) is 14.9 Å². The Balaban J connectivity index is 2.03. The SMILES string of the molecule is O=C(O)C1CCC(C(=O)Nc2ccc([N+](=O)[O-])cc2Br)O1. The van der Waals surface area contributed by atoms with Crippen LogP contribution in [0.5, 0.6) is 0 Å². The fraction of sp³-hybridized carbons (Fsp3) is 0.333. The van der Waals surface area contributed by atoms with Crippen LogP contribution in [0.4, 0.5) is 11.4 Å². The van der Waals surface area contributed by atoms with Crippen LogP contribution in [0.15, 0.2) is 22.7 Å². The van der Waals surface area contributed by atoms with Crippen LogP contribution in [-0.4, -0.2) is 34.1 Å². The first-order valence-electron chi connectivity index (χ1n) is 6.01. The Morgan fingerprint density at radius 1 is 1.38 bits per heavy atom. The summed E-state index contributed by atoms with van der Waals surface area (Å²) in [6.07, 6.45) is -1.23. The number of anilines is 1.